The Labute approximate surface area is 177 Å². The third-order valence-electron chi connectivity index (χ3n) is 4.87. The molecule has 0 radical (unpaired) electrons. The van der Waals surface area contributed by atoms with E-state index in [-0.39, 0.29) is 24.8 Å². The molecular formula is C22H33FN2O5. The molecule has 0 atom stereocenters. The zero-order valence-electron chi connectivity index (χ0n) is 18.1. The number of rotatable bonds is 8. The molecule has 30 heavy (non-hydrogen) atoms. The third-order valence-corrected chi connectivity index (χ3v) is 4.87. The summed E-state index contributed by atoms with van der Waals surface area (Å²) in [5, 5.41) is 11.1. The summed E-state index contributed by atoms with van der Waals surface area (Å²) in [6.07, 6.45) is 3.43. The number of piperidine rings is 1. The normalized spacial score (nSPS) is 15.0. The molecular weight excluding hydrogens is 391 g/mol. The zero-order chi connectivity index (χ0) is 22.1. The minimum Gasteiger partial charge on any atom is -0.493 e. The van der Waals surface area contributed by atoms with E-state index < -0.39 is 17.3 Å². The van der Waals surface area contributed by atoms with Gasteiger partial charge >= 0.3 is 6.09 Å². The van der Waals surface area contributed by atoms with Crippen LogP contribution >= 0.6 is 0 Å². The molecule has 8 heteroatoms. The minimum atomic E-state index is -0.655. The average Bonchev–Trinajstić information content (AvgIpc) is 2.68. The summed E-state index contributed by atoms with van der Waals surface area (Å²) < 4.78 is 25.1. The first-order chi connectivity index (χ1) is 14.2. The van der Waals surface area contributed by atoms with Crippen LogP contribution in [0.4, 0.5) is 9.18 Å². The highest BCUT2D eigenvalue weighted by Crippen LogP contribution is 2.24. The number of aliphatic hydroxyl groups excluding tert-OH is 1. The number of nitrogens with zero attached hydrogens (tertiary/aromatic N) is 1. The van der Waals surface area contributed by atoms with Crippen LogP contribution in [-0.2, 0) is 4.74 Å². The van der Waals surface area contributed by atoms with Crippen LogP contribution in [0.15, 0.2) is 18.2 Å². The Kier molecular flexibility index (Phi) is 8.89. The summed E-state index contributed by atoms with van der Waals surface area (Å²) in [5.41, 5.74) is -0.556. The fraction of sp³-hybridized carbons (Fsp3) is 0.636. The molecule has 168 valence electrons. The van der Waals surface area contributed by atoms with Gasteiger partial charge in [-0.25, -0.2) is 9.18 Å². The number of hydrogen-bond acceptors (Lipinski definition) is 5. The van der Waals surface area contributed by atoms with E-state index in [4.69, 9.17) is 14.6 Å². The van der Waals surface area contributed by atoms with Crippen LogP contribution in [0.1, 0.15) is 56.8 Å². The SMILES string of the molecule is CC(C)(C)OC(=O)N1CCC(CCCOc2ccc(C(=O)NCCO)c(F)c2)CC1. The third kappa shape index (κ3) is 7.82. The molecule has 1 aromatic carbocycles. The first-order valence-corrected chi connectivity index (χ1v) is 10.5. The zero-order valence-corrected chi connectivity index (χ0v) is 18.1. The van der Waals surface area contributed by atoms with Crippen molar-refractivity contribution in [3.63, 3.8) is 0 Å². The van der Waals surface area contributed by atoms with Gasteiger partial charge in [-0.2, -0.15) is 0 Å². The largest absolute Gasteiger partial charge is 0.493 e. The Balaban J connectivity index is 1.68. The molecule has 1 heterocycles. The Bertz CT molecular complexity index is 712. The van der Waals surface area contributed by atoms with Gasteiger partial charge in [0.25, 0.3) is 5.91 Å². The second kappa shape index (κ2) is 11.2. The molecule has 2 amide bonds. The summed E-state index contributed by atoms with van der Waals surface area (Å²) in [4.78, 5) is 25.6. The Hall–Kier alpha value is -2.35. The summed E-state index contributed by atoms with van der Waals surface area (Å²) in [7, 11) is 0. The van der Waals surface area contributed by atoms with Gasteiger partial charge in [-0.3, -0.25) is 4.79 Å². The van der Waals surface area contributed by atoms with Gasteiger partial charge in [0.15, 0.2) is 0 Å². The lowest BCUT2D eigenvalue weighted by Crippen LogP contribution is -2.41. The standard InChI is InChI=1S/C22H33FN2O5/c1-22(2,3)30-21(28)25-11-8-16(9-12-25)5-4-14-29-17-6-7-18(19(23)15-17)20(27)24-10-13-26/h6-7,15-16,26H,4-5,8-14H2,1-3H3,(H,24,27). The quantitative estimate of drug-likeness (QED) is 0.625. The van der Waals surface area contributed by atoms with E-state index in [2.05, 4.69) is 5.32 Å². The molecule has 1 aliphatic heterocycles. The van der Waals surface area contributed by atoms with Gasteiger partial charge < -0.3 is 24.8 Å². The molecule has 2 rings (SSSR count). The number of carbonyl (C=O) groups is 2. The monoisotopic (exact) mass is 424 g/mol. The van der Waals surface area contributed by atoms with E-state index in [0.29, 0.717) is 31.4 Å². The van der Waals surface area contributed by atoms with Gasteiger partial charge in [0.1, 0.15) is 17.2 Å². The van der Waals surface area contributed by atoms with Gasteiger partial charge in [0, 0.05) is 25.7 Å². The van der Waals surface area contributed by atoms with Crippen LogP contribution < -0.4 is 10.1 Å². The molecule has 2 N–H and O–H groups in total. The molecule has 1 aromatic rings. The van der Waals surface area contributed by atoms with Crippen LogP contribution in [0.2, 0.25) is 0 Å². The topological polar surface area (TPSA) is 88.1 Å². The Morgan fingerprint density at radius 3 is 2.57 bits per heavy atom. The molecule has 0 aliphatic carbocycles. The summed E-state index contributed by atoms with van der Waals surface area (Å²) in [6, 6.07) is 4.15. The number of aliphatic hydroxyl groups is 1. The van der Waals surface area contributed by atoms with Crippen molar-refractivity contribution in [3.05, 3.63) is 29.6 Å². The van der Waals surface area contributed by atoms with Crippen molar-refractivity contribution in [1.82, 2.24) is 10.2 Å². The molecule has 0 unspecified atom stereocenters. The number of hydrogen-bond donors (Lipinski definition) is 2. The molecule has 0 bridgehead atoms. The van der Waals surface area contributed by atoms with Gasteiger partial charge in [-0.15, -0.1) is 0 Å². The minimum absolute atomic E-state index is 0.0763. The number of ether oxygens (including phenoxy) is 2. The number of carbonyl (C=O) groups excluding carboxylic acids is 2. The smallest absolute Gasteiger partial charge is 0.410 e. The first-order valence-electron chi connectivity index (χ1n) is 10.5. The van der Waals surface area contributed by atoms with E-state index >= 15 is 0 Å². The van der Waals surface area contributed by atoms with Crippen molar-refractivity contribution < 1.29 is 28.6 Å². The van der Waals surface area contributed by atoms with Crippen LogP contribution in [-0.4, -0.2) is 60.5 Å². The molecule has 0 spiro atoms. The maximum absolute atomic E-state index is 14.1. The Morgan fingerprint density at radius 1 is 1.27 bits per heavy atom. The number of likely N-dealkylation sites (tertiary alicyclic amines) is 1. The van der Waals surface area contributed by atoms with E-state index in [9.17, 15) is 14.0 Å². The van der Waals surface area contributed by atoms with E-state index in [1.807, 2.05) is 20.8 Å². The number of halogens is 1. The highest BCUT2D eigenvalue weighted by molar-refractivity contribution is 5.94. The van der Waals surface area contributed by atoms with E-state index in [0.717, 1.165) is 25.7 Å². The highest BCUT2D eigenvalue weighted by atomic mass is 19.1. The van der Waals surface area contributed by atoms with Crippen molar-refractivity contribution in [2.24, 2.45) is 5.92 Å². The first kappa shape index (κ1) is 23.9. The van der Waals surface area contributed by atoms with Gasteiger partial charge in [-0.05, 0) is 64.5 Å². The van der Waals surface area contributed by atoms with Gasteiger partial charge in [0.05, 0.1) is 18.8 Å². The number of amides is 2. The maximum atomic E-state index is 14.1. The van der Waals surface area contributed by atoms with Crippen LogP contribution in [0.25, 0.3) is 0 Å². The Morgan fingerprint density at radius 2 is 1.97 bits per heavy atom. The fourth-order valence-electron chi connectivity index (χ4n) is 3.33. The fourth-order valence-corrected chi connectivity index (χ4v) is 3.33. The predicted octanol–water partition coefficient (Wildman–Crippen LogP) is 3.35. The van der Waals surface area contributed by atoms with Crippen LogP contribution in [0.3, 0.4) is 0 Å². The lowest BCUT2D eigenvalue weighted by Gasteiger charge is -2.33. The summed E-state index contributed by atoms with van der Waals surface area (Å²) in [6.45, 7) is 7.33. The van der Waals surface area contributed by atoms with Crippen molar-refractivity contribution in [3.8, 4) is 5.75 Å². The number of benzene rings is 1. The van der Waals surface area contributed by atoms with Crippen molar-refractivity contribution in [2.75, 3.05) is 32.8 Å². The van der Waals surface area contributed by atoms with Gasteiger partial charge in [-0.1, -0.05) is 0 Å². The van der Waals surface area contributed by atoms with Crippen molar-refractivity contribution in [1.29, 1.82) is 0 Å². The second-order valence-electron chi connectivity index (χ2n) is 8.52. The average molecular weight is 425 g/mol. The molecule has 0 saturated carbocycles. The maximum Gasteiger partial charge on any atom is 0.410 e. The van der Waals surface area contributed by atoms with Crippen molar-refractivity contribution >= 4 is 12.0 Å². The van der Waals surface area contributed by atoms with Crippen LogP contribution in [0.5, 0.6) is 5.75 Å². The summed E-state index contributed by atoms with van der Waals surface area (Å²) >= 11 is 0. The number of nitrogens with one attached hydrogen (secondary N) is 1. The molecule has 0 aromatic heterocycles. The lowest BCUT2D eigenvalue weighted by molar-refractivity contribution is 0.0179. The van der Waals surface area contributed by atoms with Crippen LogP contribution in [0, 0.1) is 11.7 Å². The lowest BCUT2D eigenvalue weighted by atomic mass is 9.92. The predicted molar refractivity (Wildman–Crippen MR) is 111 cm³/mol. The second-order valence-corrected chi connectivity index (χ2v) is 8.52. The summed E-state index contributed by atoms with van der Waals surface area (Å²) in [5.74, 6) is -0.309. The molecule has 7 nitrogen and oxygen atoms in total. The van der Waals surface area contributed by atoms with E-state index in [1.165, 1.54) is 12.1 Å². The highest BCUT2D eigenvalue weighted by Gasteiger charge is 2.26. The molecule has 1 aliphatic rings. The molecule has 1 saturated heterocycles. The van der Waals surface area contributed by atoms with E-state index in [1.54, 1.807) is 11.0 Å². The van der Waals surface area contributed by atoms with Gasteiger partial charge in [0.2, 0.25) is 0 Å². The van der Waals surface area contributed by atoms with Crippen molar-refractivity contribution in [2.45, 2.75) is 52.1 Å². The molecule has 1 fully saturated rings.